The third kappa shape index (κ3) is 3.74. The first-order chi connectivity index (χ1) is 13.2. The fraction of sp³-hybridized carbons (Fsp3) is 0.476. The van der Waals surface area contributed by atoms with Gasteiger partial charge in [-0.15, -0.1) is 0 Å². The normalized spacial score (nSPS) is 18.8. The van der Waals surface area contributed by atoms with Gasteiger partial charge < -0.3 is 19.5 Å². The smallest absolute Gasteiger partial charge is 0.410 e. The second kappa shape index (κ2) is 6.65. The van der Waals surface area contributed by atoms with Gasteiger partial charge in [0.05, 0.1) is 29.2 Å². The molecule has 3 heterocycles. The number of amides is 1. The van der Waals surface area contributed by atoms with Crippen molar-refractivity contribution >= 4 is 22.7 Å². The van der Waals surface area contributed by atoms with Crippen molar-refractivity contribution in [2.24, 2.45) is 0 Å². The van der Waals surface area contributed by atoms with Crippen LogP contribution in [0.25, 0.3) is 16.6 Å². The number of aromatic nitrogens is 2. The zero-order valence-electron chi connectivity index (χ0n) is 16.4. The Morgan fingerprint density at radius 1 is 1.25 bits per heavy atom. The molecule has 7 nitrogen and oxygen atoms in total. The number of hydrogen-bond donors (Lipinski definition) is 1. The Morgan fingerprint density at radius 2 is 2.00 bits per heavy atom. The number of aromatic hydroxyl groups is 1. The maximum Gasteiger partial charge on any atom is 0.410 e. The lowest BCUT2D eigenvalue weighted by atomic mass is 9.86. The lowest BCUT2D eigenvalue weighted by molar-refractivity contribution is -0.0276. The fourth-order valence-electron chi connectivity index (χ4n) is 3.65. The molecule has 2 aliphatic heterocycles. The Labute approximate surface area is 164 Å². The molecular formula is C21H25N3O4. The maximum absolute atomic E-state index is 12.3. The van der Waals surface area contributed by atoms with Crippen LogP contribution in [-0.4, -0.2) is 50.4 Å². The van der Waals surface area contributed by atoms with Gasteiger partial charge in [-0.25, -0.2) is 9.78 Å². The van der Waals surface area contributed by atoms with Crippen molar-refractivity contribution < 1.29 is 19.4 Å². The van der Waals surface area contributed by atoms with Crippen LogP contribution in [0.4, 0.5) is 4.79 Å². The molecule has 2 aromatic rings. The summed E-state index contributed by atoms with van der Waals surface area (Å²) in [4.78, 5) is 23.1. The molecule has 7 heteroatoms. The molecule has 0 bridgehead atoms. The summed E-state index contributed by atoms with van der Waals surface area (Å²) in [5, 5.41) is 9.68. The van der Waals surface area contributed by atoms with E-state index in [-0.39, 0.29) is 17.4 Å². The molecule has 0 saturated carbocycles. The van der Waals surface area contributed by atoms with Crippen LogP contribution in [0.1, 0.15) is 45.7 Å². The molecule has 1 saturated heterocycles. The van der Waals surface area contributed by atoms with Crippen LogP contribution in [-0.2, 0) is 9.47 Å². The van der Waals surface area contributed by atoms with Gasteiger partial charge in [0.2, 0.25) is 0 Å². The number of phenolic OH excluding ortho intramolecular Hbond substituents is 1. The van der Waals surface area contributed by atoms with E-state index in [4.69, 9.17) is 9.47 Å². The molecule has 0 radical (unpaired) electrons. The second-order valence-electron chi connectivity index (χ2n) is 8.52. The minimum absolute atomic E-state index is 0.168. The standard InChI is InChI=1S/C21H25N3O4/c1-20(2,3)28-19(26)24-8-6-21(7-9-24)11-14(13-27-21)18-12-22-16-5-4-15(25)10-17(16)23-18/h4-5,10,12-13,25H,6-9,11H2,1-3H3. The first kappa shape index (κ1) is 18.5. The molecule has 148 valence electrons. The van der Waals surface area contributed by atoms with Crippen molar-refractivity contribution in [1.29, 1.82) is 0 Å². The lowest BCUT2D eigenvalue weighted by Gasteiger charge is -2.39. The zero-order chi connectivity index (χ0) is 19.9. The average molecular weight is 383 g/mol. The largest absolute Gasteiger partial charge is 0.508 e. The van der Waals surface area contributed by atoms with Gasteiger partial charge in [-0.2, -0.15) is 0 Å². The van der Waals surface area contributed by atoms with E-state index in [1.807, 2.05) is 20.8 Å². The fourth-order valence-corrected chi connectivity index (χ4v) is 3.65. The topological polar surface area (TPSA) is 84.8 Å². The number of carbonyl (C=O) groups is 1. The minimum atomic E-state index is -0.492. The summed E-state index contributed by atoms with van der Waals surface area (Å²) in [6.45, 7) is 6.82. The van der Waals surface area contributed by atoms with Gasteiger partial charge in [-0.3, -0.25) is 4.98 Å². The Hall–Kier alpha value is -2.83. The zero-order valence-corrected chi connectivity index (χ0v) is 16.4. The van der Waals surface area contributed by atoms with E-state index in [1.54, 1.807) is 35.6 Å². The van der Waals surface area contributed by atoms with Crippen molar-refractivity contribution in [2.45, 2.75) is 51.2 Å². The van der Waals surface area contributed by atoms with E-state index >= 15 is 0 Å². The number of carbonyl (C=O) groups excluding carboxylic acids is 1. The van der Waals surface area contributed by atoms with Crippen LogP contribution < -0.4 is 0 Å². The van der Waals surface area contributed by atoms with Crippen molar-refractivity contribution in [3.8, 4) is 5.75 Å². The van der Waals surface area contributed by atoms with E-state index in [0.717, 1.165) is 36.0 Å². The Kier molecular flexibility index (Phi) is 4.40. The predicted octanol–water partition coefficient (Wildman–Crippen LogP) is 3.87. The SMILES string of the molecule is CC(C)(C)OC(=O)N1CCC2(CC1)CC(c1cnc3ccc(O)cc3n1)=CO2. The van der Waals surface area contributed by atoms with E-state index in [1.165, 1.54) is 0 Å². The number of piperidine rings is 1. The third-order valence-electron chi connectivity index (χ3n) is 5.14. The summed E-state index contributed by atoms with van der Waals surface area (Å²) in [6.07, 6.45) is 5.45. The number of phenols is 1. The molecule has 1 aromatic carbocycles. The predicted molar refractivity (Wildman–Crippen MR) is 105 cm³/mol. The van der Waals surface area contributed by atoms with Gasteiger partial charge in [0.25, 0.3) is 0 Å². The molecule has 1 N–H and O–H groups in total. The monoisotopic (exact) mass is 383 g/mol. The van der Waals surface area contributed by atoms with Crippen molar-refractivity contribution in [1.82, 2.24) is 14.9 Å². The second-order valence-corrected chi connectivity index (χ2v) is 8.52. The number of benzene rings is 1. The number of fused-ring (bicyclic) bond motifs is 1. The Morgan fingerprint density at radius 3 is 2.71 bits per heavy atom. The molecule has 0 aliphatic carbocycles. The Balaban J connectivity index is 1.42. The van der Waals surface area contributed by atoms with Gasteiger partial charge >= 0.3 is 6.09 Å². The van der Waals surface area contributed by atoms with Crippen LogP contribution >= 0.6 is 0 Å². The third-order valence-corrected chi connectivity index (χ3v) is 5.14. The summed E-state index contributed by atoms with van der Waals surface area (Å²) < 4.78 is 11.5. The summed E-state index contributed by atoms with van der Waals surface area (Å²) in [7, 11) is 0. The average Bonchev–Trinajstić information content (AvgIpc) is 3.04. The molecule has 1 spiro atoms. The molecule has 1 fully saturated rings. The summed E-state index contributed by atoms with van der Waals surface area (Å²) in [5.41, 5.74) is 2.34. The van der Waals surface area contributed by atoms with Gasteiger partial charge in [0.15, 0.2) is 0 Å². The van der Waals surface area contributed by atoms with E-state index < -0.39 is 5.60 Å². The van der Waals surface area contributed by atoms with Crippen LogP contribution in [0.5, 0.6) is 5.75 Å². The quantitative estimate of drug-likeness (QED) is 0.805. The Bertz CT molecular complexity index is 940. The number of hydrogen-bond acceptors (Lipinski definition) is 6. The molecule has 0 unspecified atom stereocenters. The highest BCUT2D eigenvalue weighted by atomic mass is 16.6. The highest BCUT2D eigenvalue weighted by molar-refractivity contribution is 5.78. The van der Waals surface area contributed by atoms with E-state index in [2.05, 4.69) is 9.97 Å². The molecular weight excluding hydrogens is 358 g/mol. The summed E-state index contributed by atoms with van der Waals surface area (Å²) >= 11 is 0. The summed E-state index contributed by atoms with van der Waals surface area (Å²) in [5.74, 6) is 0.168. The number of likely N-dealkylation sites (tertiary alicyclic amines) is 1. The number of nitrogens with zero attached hydrogens (tertiary/aromatic N) is 3. The van der Waals surface area contributed by atoms with Crippen molar-refractivity contribution in [2.75, 3.05) is 13.1 Å². The first-order valence-corrected chi connectivity index (χ1v) is 9.54. The lowest BCUT2D eigenvalue weighted by Crippen LogP contribution is -2.47. The van der Waals surface area contributed by atoms with Gasteiger partial charge in [-0.05, 0) is 32.9 Å². The molecule has 2 aliphatic rings. The van der Waals surface area contributed by atoms with Gasteiger partial charge in [0.1, 0.15) is 17.0 Å². The summed E-state index contributed by atoms with van der Waals surface area (Å²) in [6, 6.07) is 4.95. The molecule has 1 amide bonds. The van der Waals surface area contributed by atoms with Crippen LogP contribution in [0.3, 0.4) is 0 Å². The molecule has 1 aromatic heterocycles. The minimum Gasteiger partial charge on any atom is -0.508 e. The van der Waals surface area contributed by atoms with Crippen LogP contribution in [0.15, 0.2) is 30.7 Å². The van der Waals surface area contributed by atoms with E-state index in [9.17, 15) is 9.90 Å². The number of ether oxygens (including phenoxy) is 2. The van der Waals surface area contributed by atoms with Crippen LogP contribution in [0.2, 0.25) is 0 Å². The maximum atomic E-state index is 12.3. The molecule has 28 heavy (non-hydrogen) atoms. The van der Waals surface area contributed by atoms with E-state index in [0.29, 0.717) is 18.6 Å². The van der Waals surface area contributed by atoms with Gasteiger partial charge in [0, 0.05) is 44.0 Å². The van der Waals surface area contributed by atoms with Crippen molar-refractivity contribution in [3.05, 3.63) is 36.4 Å². The first-order valence-electron chi connectivity index (χ1n) is 9.54. The molecule has 4 rings (SSSR count). The number of rotatable bonds is 1. The molecule has 0 atom stereocenters. The highest BCUT2D eigenvalue weighted by Gasteiger charge is 2.42. The van der Waals surface area contributed by atoms with Gasteiger partial charge in [-0.1, -0.05) is 0 Å². The van der Waals surface area contributed by atoms with Crippen LogP contribution in [0, 0.1) is 0 Å². The highest BCUT2D eigenvalue weighted by Crippen LogP contribution is 2.41. The van der Waals surface area contributed by atoms with Crippen molar-refractivity contribution in [3.63, 3.8) is 0 Å².